The maximum Gasteiger partial charge on any atom is 0.261 e. The molecule has 10 nitrogen and oxygen atoms in total. The van der Waals surface area contributed by atoms with Crippen molar-refractivity contribution in [1.29, 1.82) is 0 Å². The molecule has 0 aliphatic carbocycles. The van der Waals surface area contributed by atoms with Gasteiger partial charge in [0.25, 0.3) is 5.91 Å². The number of unbranched alkanes of at least 4 members (excludes halogenated alkanes) is 1. The highest BCUT2D eigenvalue weighted by atomic mass is 16.5. The van der Waals surface area contributed by atoms with Gasteiger partial charge in [-0.1, -0.05) is 18.2 Å². The molecule has 4 rings (SSSR count). The van der Waals surface area contributed by atoms with Crippen LogP contribution in [0.1, 0.15) is 50.3 Å². The maximum atomic E-state index is 12.9. The highest BCUT2D eigenvalue weighted by Crippen LogP contribution is 2.26. The lowest BCUT2D eigenvalue weighted by atomic mass is 9.99. The molecule has 1 saturated heterocycles. The van der Waals surface area contributed by atoms with E-state index in [4.69, 9.17) is 15.2 Å². The number of rotatable bonds is 12. The number of ether oxygens (including phenoxy) is 2. The topological polar surface area (TPSA) is 130 Å². The predicted octanol–water partition coefficient (Wildman–Crippen LogP) is 2.62. The zero-order valence-electron chi connectivity index (χ0n) is 20.7. The molecule has 0 unspecified atom stereocenters. The van der Waals surface area contributed by atoms with Crippen LogP contribution in [0.5, 0.6) is 5.75 Å². The molecule has 1 fully saturated rings. The van der Waals surface area contributed by atoms with E-state index in [1.54, 1.807) is 36.5 Å². The van der Waals surface area contributed by atoms with Crippen LogP contribution in [0.4, 0.5) is 0 Å². The molecular formula is C27H31N5O5. The van der Waals surface area contributed by atoms with Gasteiger partial charge in [0.2, 0.25) is 0 Å². The number of benzene rings is 1. The Morgan fingerprint density at radius 3 is 2.70 bits per heavy atom. The van der Waals surface area contributed by atoms with Crippen LogP contribution in [0.25, 0.3) is 11.4 Å². The smallest absolute Gasteiger partial charge is 0.261 e. The molecule has 3 heterocycles. The molecular weight excluding hydrogens is 474 g/mol. The second-order valence-corrected chi connectivity index (χ2v) is 8.70. The maximum absolute atomic E-state index is 12.9. The Morgan fingerprint density at radius 1 is 1.08 bits per heavy atom. The number of nitrogens with zero attached hydrogens (tertiary/aromatic N) is 4. The van der Waals surface area contributed by atoms with Crippen molar-refractivity contribution in [2.75, 3.05) is 39.4 Å². The van der Waals surface area contributed by atoms with Gasteiger partial charge in [-0.15, -0.1) is 0 Å². The van der Waals surface area contributed by atoms with Crippen molar-refractivity contribution >= 4 is 18.0 Å². The van der Waals surface area contributed by atoms with Gasteiger partial charge in [0, 0.05) is 36.8 Å². The summed E-state index contributed by atoms with van der Waals surface area (Å²) in [6.07, 6.45) is 5.79. The van der Waals surface area contributed by atoms with Crippen molar-refractivity contribution in [2.24, 2.45) is 5.73 Å². The summed E-state index contributed by atoms with van der Waals surface area (Å²) < 4.78 is 12.6. The van der Waals surface area contributed by atoms with Crippen LogP contribution in [0.3, 0.4) is 0 Å². The lowest BCUT2D eigenvalue weighted by Gasteiger charge is -2.26. The summed E-state index contributed by atoms with van der Waals surface area (Å²) in [4.78, 5) is 43.8. The molecule has 0 saturated carbocycles. The highest BCUT2D eigenvalue weighted by Gasteiger charge is 2.19. The standard InChI is InChI=1S/C27H31N5O5/c28-17-26(35)32-23(9-11-30-32)27-20(5-4-10-29-27)19-37-25-8-3-6-21(22(25)18-33)24(34)7-1-2-12-31-13-15-36-16-14-31/h3-6,8-11,18H,1-2,7,12-17,19,28H2. The van der Waals surface area contributed by atoms with Crippen molar-refractivity contribution in [3.05, 3.63) is 65.5 Å². The van der Waals surface area contributed by atoms with E-state index in [9.17, 15) is 14.4 Å². The number of aromatic nitrogens is 3. The van der Waals surface area contributed by atoms with Crippen molar-refractivity contribution < 1.29 is 23.9 Å². The summed E-state index contributed by atoms with van der Waals surface area (Å²) in [6, 6.07) is 10.3. The fourth-order valence-electron chi connectivity index (χ4n) is 4.32. The number of carbonyl (C=O) groups is 3. The molecule has 3 aromatic rings. The first-order valence-electron chi connectivity index (χ1n) is 12.4. The zero-order chi connectivity index (χ0) is 26.0. The first kappa shape index (κ1) is 26.3. The SMILES string of the molecule is NCC(=O)n1nccc1-c1ncccc1COc1cccc(C(=O)CCCCN2CCOCC2)c1C=O. The Morgan fingerprint density at radius 2 is 1.92 bits per heavy atom. The van der Waals surface area contributed by atoms with Crippen LogP contribution in [0, 0.1) is 0 Å². The van der Waals surface area contributed by atoms with Gasteiger partial charge in [-0.2, -0.15) is 9.78 Å². The van der Waals surface area contributed by atoms with Crippen molar-refractivity contribution in [1.82, 2.24) is 19.7 Å². The number of Topliss-reactive ketones (excluding diaryl/α,β-unsaturated/α-hetero) is 1. The number of pyridine rings is 1. The quantitative estimate of drug-likeness (QED) is 0.224. The van der Waals surface area contributed by atoms with Crippen molar-refractivity contribution in [3.63, 3.8) is 0 Å². The Labute approximate surface area is 215 Å². The van der Waals surface area contributed by atoms with Gasteiger partial charge >= 0.3 is 0 Å². The Bertz CT molecular complexity index is 1240. The second kappa shape index (κ2) is 13.0. The molecule has 0 bridgehead atoms. The molecule has 10 heteroatoms. The molecule has 1 aliphatic rings. The van der Waals surface area contributed by atoms with Crippen LogP contribution < -0.4 is 10.5 Å². The number of ketones is 1. The number of aldehydes is 1. The Kier molecular flexibility index (Phi) is 9.25. The first-order chi connectivity index (χ1) is 18.1. The molecule has 0 atom stereocenters. The van der Waals surface area contributed by atoms with E-state index in [-0.39, 0.29) is 30.4 Å². The van der Waals surface area contributed by atoms with Crippen LogP contribution >= 0.6 is 0 Å². The summed E-state index contributed by atoms with van der Waals surface area (Å²) in [5.74, 6) is -0.131. The lowest BCUT2D eigenvalue weighted by molar-refractivity contribution is 0.0371. The number of carbonyl (C=O) groups excluding carboxylic acids is 3. The number of hydrogen-bond donors (Lipinski definition) is 1. The highest BCUT2D eigenvalue weighted by molar-refractivity contribution is 6.04. The Balaban J connectivity index is 1.43. The second-order valence-electron chi connectivity index (χ2n) is 8.70. The van der Waals surface area contributed by atoms with Crippen molar-refractivity contribution in [3.8, 4) is 17.1 Å². The molecule has 37 heavy (non-hydrogen) atoms. The third kappa shape index (κ3) is 6.53. The van der Waals surface area contributed by atoms with Crippen LogP contribution in [0.15, 0.2) is 48.8 Å². The van der Waals surface area contributed by atoms with E-state index in [1.807, 2.05) is 6.07 Å². The van der Waals surface area contributed by atoms with Gasteiger partial charge in [0.1, 0.15) is 12.4 Å². The van der Waals surface area contributed by atoms with E-state index in [0.717, 1.165) is 45.7 Å². The third-order valence-corrected chi connectivity index (χ3v) is 6.29. The summed E-state index contributed by atoms with van der Waals surface area (Å²) >= 11 is 0. The molecule has 0 amide bonds. The van der Waals surface area contributed by atoms with Gasteiger partial charge in [-0.05, 0) is 37.6 Å². The number of nitrogens with two attached hydrogens (primary N) is 1. The molecule has 2 N–H and O–H groups in total. The summed E-state index contributed by atoms with van der Waals surface area (Å²) in [5.41, 5.74) is 7.79. The number of hydrogen-bond acceptors (Lipinski definition) is 9. The molecule has 1 aliphatic heterocycles. The van der Waals surface area contributed by atoms with E-state index < -0.39 is 0 Å². The minimum atomic E-state index is -0.364. The van der Waals surface area contributed by atoms with Gasteiger partial charge in [-0.25, -0.2) is 0 Å². The largest absolute Gasteiger partial charge is 0.488 e. The molecule has 1 aromatic carbocycles. The average Bonchev–Trinajstić information content (AvgIpc) is 3.44. The summed E-state index contributed by atoms with van der Waals surface area (Å²) in [6.45, 7) is 4.17. The minimum absolute atomic E-state index is 0.0726. The van der Waals surface area contributed by atoms with Crippen LogP contribution in [0.2, 0.25) is 0 Å². The zero-order valence-corrected chi connectivity index (χ0v) is 20.7. The molecule has 0 spiro atoms. The summed E-state index contributed by atoms with van der Waals surface area (Å²) in [5, 5.41) is 4.05. The first-order valence-corrected chi connectivity index (χ1v) is 12.4. The summed E-state index contributed by atoms with van der Waals surface area (Å²) in [7, 11) is 0. The third-order valence-electron chi connectivity index (χ3n) is 6.29. The fourth-order valence-corrected chi connectivity index (χ4v) is 4.32. The monoisotopic (exact) mass is 505 g/mol. The van der Waals surface area contributed by atoms with E-state index in [2.05, 4.69) is 15.0 Å². The molecule has 0 radical (unpaired) electrons. The van der Waals surface area contributed by atoms with E-state index >= 15 is 0 Å². The Hall–Kier alpha value is -3.73. The molecule has 194 valence electrons. The predicted molar refractivity (Wildman–Crippen MR) is 137 cm³/mol. The normalized spacial score (nSPS) is 13.9. The van der Waals surface area contributed by atoms with Gasteiger partial charge in [0.05, 0.1) is 42.9 Å². The van der Waals surface area contributed by atoms with Crippen LogP contribution in [-0.2, 0) is 11.3 Å². The minimum Gasteiger partial charge on any atom is -0.488 e. The van der Waals surface area contributed by atoms with E-state index in [1.165, 1.54) is 10.9 Å². The van der Waals surface area contributed by atoms with Crippen molar-refractivity contribution in [2.45, 2.75) is 25.9 Å². The van der Waals surface area contributed by atoms with Gasteiger partial charge in [-0.3, -0.25) is 24.3 Å². The molecule has 2 aromatic heterocycles. The average molecular weight is 506 g/mol. The lowest BCUT2D eigenvalue weighted by Crippen LogP contribution is -2.36. The fraction of sp³-hybridized carbons (Fsp3) is 0.370. The van der Waals surface area contributed by atoms with Gasteiger partial charge < -0.3 is 15.2 Å². The van der Waals surface area contributed by atoms with Crippen LogP contribution in [-0.4, -0.2) is 77.0 Å². The van der Waals surface area contributed by atoms with E-state index in [0.29, 0.717) is 41.0 Å². The number of morpholine rings is 1. The van der Waals surface area contributed by atoms with Gasteiger partial charge in [0.15, 0.2) is 12.1 Å².